The van der Waals surface area contributed by atoms with Crippen LogP contribution in [-0.2, 0) is 19.6 Å². The van der Waals surface area contributed by atoms with Crippen molar-refractivity contribution in [1.82, 2.24) is 4.31 Å². The normalized spacial score (nSPS) is 23.8. The van der Waals surface area contributed by atoms with E-state index < -0.39 is 10.0 Å². The predicted octanol–water partition coefficient (Wildman–Crippen LogP) is 1.96. The Labute approximate surface area is 126 Å². The van der Waals surface area contributed by atoms with E-state index in [2.05, 4.69) is 0 Å². The minimum Gasteiger partial charge on any atom is -0.469 e. The Kier molecular flexibility index (Phi) is 4.68. The maximum Gasteiger partial charge on any atom is 0.308 e. The zero-order chi connectivity index (χ0) is 15.6. The van der Waals surface area contributed by atoms with Crippen molar-refractivity contribution >= 4 is 16.0 Å². The number of hydrogen-bond acceptors (Lipinski definition) is 4. The van der Waals surface area contributed by atoms with E-state index >= 15 is 0 Å². The molecule has 0 aliphatic carbocycles. The van der Waals surface area contributed by atoms with Gasteiger partial charge in [0.25, 0.3) is 0 Å². The summed E-state index contributed by atoms with van der Waals surface area (Å²) in [6.45, 7) is 4.10. The highest BCUT2D eigenvalue weighted by molar-refractivity contribution is 7.89. The van der Waals surface area contributed by atoms with Crippen LogP contribution >= 0.6 is 0 Å². The van der Waals surface area contributed by atoms with E-state index in [1.807, 2.05) is 13.8 Å². The van der Waals surface area contributed by atoms with Gasteiger partial charge in [0.1, 0.15) is 0 Å². The summed E-state index contributed by atoms with van der Waals surface area (Å²) < 4.78 is 31.6. The molecule has 1 saturated heterocycles. The van der Waals surface area contributed by atoms with Crippen molar-refractivity contribution in [3.8, 4) is 0 Å². The topological polar surface area (TPSA) is 63.7 Å². The molecule has 2 atom stereocenters. The van der Waals surface area contributed by atoms with Crippen molar-refractivity contribution in [2.24, 2.45) is 5.92 Å². The van der Waals surface area contributed by atoms with Crippen LogP contribution in [0.3, 0.4) is 0 Å². The minimum absolute atomic E-state index is 0.213. The SMILES string of the molecule is COC(=O)[C@@H]1CCN(S(=O)(=O)c2ccc(C)cc2)[C@H](C)C1. The van der Waals surface area contributed by atoms with Crippen LogP contribution in [0.15, 0.2) is 29.2 Å². The summed E-state index contributed by atoms with van der Waals surface area (Å²) in [6, 6.07) is 6.62. The van der Waals surface area contributed by atoms with Crippen molar-refractivity contribution in [2.75, 3.05) is 13.7 Å². The number of aryl methyl sites for hydroxylation is 1. The van der Waals surface area contributed by atoms with E-state index in [4.69, 9.17) is 4.74 Å². The molecule has 0 radical (unpaired) electrons. The molecule has 5 nitrogen and oxygen atoms in total. The highest BCUT2D eigenvalue weighted by Gasteiger charge is 2.37. The second-order valence-electron chi connectivity index (χ2n) is 5.52. The molecule has 6 heteroatoms. The first-order valence-corrected chi connectivity index (χ1v) is 8.46. The molecule has 1 heterocycles. The number of methoxy groups -OCH3 is 1. The van der Waals surface area contributed by atoms with E-state index in [0.29, 0.717) is 24.3 Å². The third-order valence-electron chi connectivity index (χ3n) is 3.98. The summed E-state index contributed by atoms with van der Waals surface area (Å²) in [5.74, 6) is -0.469. The summed E-state index contributed by atoms with van der Waals surface area (Å²) in [6.07, 6.45) is 1.000. The molecule has 1 fully saturated rings. The van der Waals surface area contributed by atoms with Gasteiger partial charge in [0.05, 0.1) is 17.9 Å². The second-order valence-corrected chi connectivity index (χ2v) is 7.41. The Morgan fingerprint density at radius 1 is 1.29 bits per heavy atom. The number of nitrogens with zero attached hydrogens (tertiary/aromatic N) is 1. The van der Waals surface area contributed by atoms with E-state index in [1.165, 1.54) is 11.4 Å². The molecule has 1 aromatic rings. The molecule has 0 aromatic heterocycles. The number of sulfonamides is 1. The molecule has 0 N–H and O–H groups in total. The number of esters is 1. The summed E-state index contributed by atoms with van der Waals surface area (Å²) in [5, 5.41) is 0. The van der Waals surface area contributed by atoms with Crippen LogP contribution in [0, 0.1) is 12.8 Å². The third kappa shape index (κ3) is 3.27. The third-order valence-corrected chi connectivity index (χ3v) is 6.01. The van der Waals surface area contributed by atoms with Crippen LogP contribution in [0.4, 0.5) is 0 Å². The maximum atomic E-state index is 12.7. The fourth-order valence-corrected chi connectivity index (χ4v) is 4.39. The van der Waals surface area contributed by atoms with Gasteiger partial charge in [-0.05, 0) is 38.8 Å². The van der Waals surface area contributed by atoms with E-state index in [-0.39, 0.29) is 17.9 Å². The molecule has 21 heavy (non-hydrogen) atoms. The molecule has 1 aliphatic heterocycles. The van der Waals surface area contributed by atoms with Gasteiger partial charge in [-0.2, -0.15) is 4.31 Å². The number of rotatable bonds is 3. The largest absolute Gasteiger partial charge is 0.469 e. The standard InChI is InChI=1S/C15H21NO4S/c1-11-4-6-14(7-5-11)21(18,19)16-9-8-13(10-12(16)2)15(17)20-3/h4-7,12-13H,8-10H2,1-3H3/t12-,13-/m1/s1. The van der Waals surface area contributed by atoms with E-state index in [1.54, 1.807) is 24.3 Å². The lowest BCUT2D eigenvalue weighted by Crippen LogP contribution is -2.46. The molecule has 0 spiro atoms. The Bertz CT molecular complexity index is 609. The number of ether oxygens (including phenoxy) is 1. The average molecular weight is 311 g/mol. The number of piperidine rings is 1. The maximum absolute atomic E-state index is 12.7. The van der Waals surface area contributed by atoms with Crippen LogP contribution in [0.1, 0.15) is 25.3 Å². The fraction of sp³-hybridized carbons (Fsp3) is 0.533. The monoisotopic (exact) mass is 311 g/mol. The quantitative estimate of drug-likeness (QED) is 0.801. The van der Waals surface area contributed by atoms with Gasteiger partial charge in [0.15, 0.2) is 0 Å². The molecular weight excluding hydrogens is 290 g/mol. The lowest BCUT2D eigenvalue weighted by Gasteiger charge is -2.35. The minimum atomic E-state index is -3.50. The number of hydrogen-bond donors (Lipinski definition) is 0. The zero-order valence-corrected chi connectivity index (χ0v) is 13.4. The van der Waals surface area contributed by atoms with Crippen molar-refractivity contribution < 1.29 is 17.9 Å². The van der Waals surface area contributed by atoms with Gasteiger partial charge in [-0.3, -0.25) is 4.79 Å². The van der Waals surface area contributed by atoms with Crippen LogP contribution in [0.2, 0.25) is 0 Å². The number of carbonyl (C=O) groups is 1. The molecule has 116 valence electrons. The molecule has 0 unspecified atom stereocenters. The lowest BCUT2D eigenvalue weighted by molar-refractivity contribution is -0.147. The van der Waals surface area contributed by atoms with Gasteiger partial charge in [-0.1, -0.05) is 17.7 Å². The Morgan fingerprint density at radius 3 is 2.43 bits per heavy atom. The van der Waals surface area contributed by atoms with E-state index in [0.717, 1.165) is 5.56 Å². The van der Waals surface area contributed by atoms with Crippen LogP contribution in [0.25, 0.3) is 0 Å². The van der Waals surface area contributed by atoms with Gasteiger partial charge in [-0.15, -0.1) is 0 Å². The average Bonchev–Trinajstić information content (AvgIpc) is 2.46. The molecule has 1 aliphatic rings. The zero-order valence-electron chi connectivity index (χ0n) is 12.6. The first kappa shape index (κ1) is 16.0. The Balaban J connectivity index is 2.19. The molecule has 2 rings (SSSR count). The summed E-state index contributed by atoms with van der Waals surface area (Å²) in [5.41, 5.74) is 1.02. The van der Waals surface area contributed by atoms with Gasteiger partial charge in [0, 0.05) is 12.6 Å². The predicted molar refractivity (Wildman–Crippen MR) is 79.3 cm³/mol. The van der Waals surface area contributed by atoms with Gasteiger partial charge in [0.2, 0.25) is 10.0 Å². The lowest BCUT2D eigenvalue weighted by atomic mass is 9.93. The molecule has 0 amide bonds. The first-order chi connectivity index (χ1) is 9.86. The van der Waals surface area contributed by atoms with Crippen molar-refractivity contribution in [1.29, 1.82) is 0 Å². The molecular formula is C15H21NO4S. The Hall–Kier alpha value is -1.40. The number of benzene rings is 1. The van der Waals surface area contributed by atoms with Crippen LogP contribution in [-0.4, -0.2) is 38.4 Å². The smallest absolute Gasteiger partial charge is 0.308 e. The van der Waals surface area contributed by atoms with Gasteiger partial charge in [-0.25, -0.2) is 8.42 Å². The number of carbonyl (C=O) groups excluding carboxylic acids is 1. The summed E-state index contributed by atoms with van der Waals surface area (Å²) in [4.78, 5) is 11.9. The summed E-state index contributed by atoms with van der Waals surface area (Å²) in [7, 11) is -2.14. The molecule has 0 bridgehead atoms. The Morgan fingerprint density at radius 2 is 1.90 bits per heavy atom. The van der Waals surface area contributed by atoms with Crippen LogP contribution in [0.5, 0.6) is 0 Å². The van der Waals surface area contributed by atoms with Crippen molar-refractivity contribution in [3.05, 3.63) is 29.8 Å². The van der Waals surface area contributed by atoms with Crippen molar-refractivity contribution in [2.45, 2.75) is 37.6 Å². The highest BCUT2D eigenvalue weighted by Crippen LogP contribution is 2.29. The molecule has 0 saturated carbocycles. The van der Waals surface area contributed by atoms with Gasteiger partial charge >= 0.3 is 5.97 Å². The summed E-state index contributed by atoms with van der Waals surface area (Å²) >= 11 is 0. The fourth-order valence-electron chi connectivity index (χ4n) is 2.73. The van der Waals surface area contributed by atoms with Crippen molar-refractivity contribution in [3.63, 3.8) is 0 Å². The van der Waals surface area contributed by atoms with Crippen LogP contribution < -0.4 is 0 Å². The second kappa shape index (κ2) is 6.15. The highest BCUT2D eigenvalue weighted by atomic mass is 32.2. The first-order valence-electron chi connectivity index (χ1n) is 7.02. The van der Waals surface area contributed by atoms with Gasteiger partial charge < -0.3 is 4.74 Å². The van der Waals surface area contributed by atoms with E-state index in [9.17, 15) is 13.2 Å². The molecule has 1 aromatic carbocycles.